The fourth-order valence-corrected chi connectivity index (χ4v) is 3.75. The van der Waals surface area contributed by atoms with Crippen LogP contribution in [0.25, 0.3) is 11.1 Å². The van der Waals surface area contributed by atoms with Gasteiger partial charge in [0, 0.05) is 6.42 Å². The van der Waals surface area contributed by atoms with Crippen molar-refractivity contribution in [3.8, 4) is 28.4 Å². The highest BCUT2D eigenvalue weighted by atomic mass is 16.6. The largest absolute Gasteiger partial charge is 0.496 e. The van der Waals surface area contributed by atoms with E-state index in [2.05, 4.69) is 10.5 Å². The Morgan fingerprint density at radius 2 is 1.42 bits per heavy atom. The summed E-state index contributed by atoms with van der Waals surface area (Å²) in [4.78, 5) is 29.8. The van der Waals surface area contributed by atoms with Crippen molar-refractivity contribution in [2.75, 3.05) is 28.4 Å². The molecule has 0 aliphatic rings. The summed E-state index contributed by atoms with van der Waals surface area (Å²) in [5, 5.41) is 16.1. The highest BCUT2D eigenvalue weighted by Gasteiger charge is 2.26. The first-order valence-electron chi connectivity index (χ1n) is 11.0. The Balaban J connectivity index is 1.83. The van der Waals surface area contributed by atoms with Crippen LogP contribution in [-0.4, -0.2) is 57.2 Å². The van der Waals surface area contributed by atoms with E-state index in [0.29, 0.717) is 28.4 Å². The molecule has 188 valence electrons. The second kappa shape index (κ2) is 12.3. The van der Waals surface area contributed by atoms with Crippen molar-refractivity contribution in [3.63, 3.8) is 0 Å². The molecule has 0 radical (unpaired) electrons. The van der Waals surface area contributed by atoms with Gasteiger partial charge in [0.1, 0.15) is 30.4 Å². The second-order valence-corrected chi connectivity index (χ2v) is 7.63. The molecule has 36 heavy (non-hydrogen) atoms. The van der Waals surface area contributed by atoms with Crippen molar-refractivity contribution in [1.29, 1.82) is 0 Å². The van der Waals surface area contributed by atoms with E-state index in [1.807, 2.05) is 30.3 Å². The Kier molecular flexibility index (Phi) is 8.88. The van der Waals surface area contributed by atoms with Crippen LogP contribution in [0.3, 0.4) is 0 Å². The maximum absolute atomic E-state index is 13.0. The maximum atomic E-state index is 13.0. The highest BCUT2D eigenvalue weighted by Crippen LogP contribution is 2.38. The van der Waals surface area contributed by atoms with E-state index in [-0.39, 0.29) is 12.1 Å². The molecule has 0 heterocycles. The van der Waals surface area contributed by atoms with E-state index in [0.717, 1.165) is 11.1 Å². The first kappa shape index (κ1) is 26.1. The zero-order valence-corrected chi connectivity index (χ0v) is 20.5. The van der Waals surface area contributed by atoms with Crippen LogP contribution in [0, 0.1) is 0 Å². The van der Waals surface area contributed by atoms with Gasteiger partial charge in [0.15, 0.2) is 5.71 Å². The summed E-state index contributed by atoms with van der Waals surface area (Å²) >= 11 is 0. The minimum atomic E-state index is -1.21. The van der Waals surface area contributed by atoms with E-state index >= 15 is 0 Å². The van der Waals surface area contributed by atoms with Crippen molar-refractivity contribution in [2.24, 2.45) is 5.16 Å². The van der Waals surface area contributed by atoms with Crippen LogP contribution in [0.4, 0.5) is 0 Å². The van der Waals surface area contributed by atoms with Gasteiger partial charge in [0.05, 0.1) is 32.5 Å². The Labute approximate surface area is 209 Å². The van der Waals surface area contributed by atoms with Gasteiger partial charge in [-0.3, -0.25) is 4.79 Å². The Bertz CT molecular complexity index is 1220. The van der Waals surface area contributed by atoms with Crippen molar-refractivity contribution in [2.45, 2.75) is 12.5 Å². The first-order chi connectivity index (χ1) is 17.4. The number of carboxylic acid groups (broad SMARTS) is 1. The molecule has 1 amide bonds. The normalized spacial score (nSPS) is 11.8. The van der Waals surface area contributed by atoms with Crippen LogP contribution in [0.2, 0.25) is 0 Å². The van der Waals surface area contributed by atoms with Crippen molar-refractivity contribution >= 4 is 17.6 Å². The standard InChI is InChI=1S/C27H28N2O7/c1-33-21-9-6-5-8-19(21)25(29-36-4)26(30)28-20(27(31)32)16-17-12-14-18(15-13-17)24-22(34-2)10-7-11-23(24)35-3/h5-15,20H,16H2,1-4H3,(H,28,30)(H,31,32)/t20-/m0/s1. The lowest BCUT2D eigenvalue weighted by molar-refractivity contribution is -0.141. The molecular formula is C27H28N2O7. The molecule has 0 saturated carbocycles. The minimum absolute atomic E-state index is 0.0522. The molecule has 9 heteroatoms. The quantitative estimate of drug-likeness (QED) is 0.311. The topological polar surface area (TPSA) is 116 Å². The summed E-state index contributed by atoms with van der Waals surface area (Å²) in [6.07, 6.45) is 0.0522. The number of carbonyl (C=O) groups is 2. The highest BCUT2D eigenvalue weighted by molar-refractivity contribution is 6.46. The zero-order chi connectivity index (χ0) is 26.1. The molecule has 0 fully saturated rings. The Hall–Kier alpha value is -4.53. The van der Waals surface area contributed by atoms with E-state index < -0.39 is 17.9 Å². The number of para-hydroxylation sites is 1. The fraction of sp³-hybridized carbons (Fsp3) is 0.222. The monoisotopic (exact) mass is 492 g/mol. The third-order valence-corrected chi connectivity index (χ3v) is 5.47. The number of methoxy groups -OCH3 is 3. The molecule has 0 unspecified atom stereocenters. The number of hydrogen-bond donors (Lipinski definition) is 2. The van der Waals surface area contributed by atoms with Crippen molar-refractivity contribution in [1.82, 2.24) is 5.32 Å². The number of rotatable bonds is 11. The Morgan fingerprint density at radius 1 is 0.833 bits per heavy atom. The molecule has 0 spiro atoms. The number of nitrogens with zero attached hydrogens (tertiary/aromatic N) is 1. The summed E-state index contributed by atoms with van der Waals surface area (Å²) < 4.78 is 16.2. The summed E-state index contributed by atoms with van der Waals surface area (Å²) in [7, 11) is 5.93. The molecule has 0 saturated heterocycles. The second-order valence-electron chi connectivity index (χ2n) is 7.63. The van der Waals surface area contributed by atoms with Gasteiger partial charge in [-0.1, -0.05) is 47.6 Å². The molecule has 1 atom stereocenters. The average molecular weight is 493 g/mol. The molecule has 0 aliphatic carbocycles. The van der Waals surface area contributed by atoms with Crippen LogP contribution in [0.1, 0.15) is 11.1 Å². The van der Waals surface area contributed by atoms with Gasteiger partial charge in [0.25, 0.3) is 5.91 Å². The first-order valence-corrected chi connectivity index (χ1v) is 11.0. The van der Waals surface area contributed by atoms with E-state index in [1.54, 1.807) is 50.6 Å². The smallest absolute Gasteiger partial charge is 0.326 e. The van der Waals surface area contributed by atoms with Crippen LogP contribution >= 0.6 is 0 Å². The number of amides is 1. The third kappa shape index (κ3) is 5.93. The van der Waals surface area contributed by atoms with Gasteiger partial charge in [0.2, 0.25) is 0 Å². The number of benzene rings is 3. The predicted molar refractivity (Wildman–Crippen MR) is 135 cm³/mol. The van der Waals surface area contributed by atoms with Crippen molar-refractivity contribution < 1.29 is 33.7 Å². The molecule has 3 aromatic carbocycles. The van der Waals surface area contributed by atoms with Gasteiger partial charge in [-0.2, -0.15) is 0 Å². The van der Waals surface area contributed by atoms with E-state index in [1.165, 1.54) is 14.2 Å². The lowest BCUT2D eigenvalue weighted by atomic mass is 9.99. The summed E-state index contributed by atoms with van der Waals surface area (Å²) in [6.45, 7) is 0. The number of ether oxygens (including phenoxy) is 3. The lowest BCUT2D eigenvalue weighted by Crippen LogP contribution is -2.45. The number of carboxylic acids is 1. The van der Waals surface area contributed by atoms with Gasteiger partial charge >= 0.3 is 5.97 Å². The number of aliphatic carboxylic acids is 1. The molecule has 0 aromatic heterocycles. The van der Waals surface area contributed by atoms with Gasteiger partial charge in [-0.15, -0.1) is 0 Å². The maximum Gasteiger partial charge on any atom is 0.326 e. The predicted octanol–water partition coefficient (Wildman–Crippen LogP) is 3.54. The molecule has 9 nitrogen and oxygen atoms in total. The molecule has 0 aliphatic heterocycles. The molecule has 0 bridgehead atoms. The van der Waals surface area contributed by atoms with Crippen LogP contribution in [0.5, 0.6) is 17.2 Å². The third-order valence-electron chi connectivity index (χ3n) is 5.47. The zero-order valence-electron chi connectivity index (χ0n) is 20.5. The SMILES string of the molecule is CON=C(C(=O)N[C@@H](Cc1ccc(-c2c(OC)cccc2OC)cc1)C(=O)O)c1ccccc1OC. The van der Waals surface area contributed by atoms with E-state index in [9.17, 15) is 14.7 Å². The summed E-state index contributed by atoms with van der Waals surface area (Å²) in [6, 6.07) is 18.4. The molecule has 3 rings (SSSR count). The van der Waals surface area contributed by atoms with Gasteiger partial charge < -0.3 is 29.5 Å². The molecule has 2 N–H and O–H groups in total. The number of hydrogen-bond acceptors (Lipinski definition) is 7. The van der Waals surface area contributed by atoms with Gasteiger partial charge in [-0.25, -0.2) is 4.79 Å². The fourth-order valence-electron chi connectivity index (χ4n) is 3.75. The average Bonchev–Trinajstić information content (AvgIpc) is 2.91. The molecular weight excluding hydrogens is 464 g/mol. The number of oxime groups is 1. The number of nitrogens with one attached hydrogen (secondary N) is 1. The Morgan fingerprint density at radius 3 is 1.97 bits per heavy atom. The van der Waals surface area contributed by atoms with Crippen LogP contribution in [-0.2, 0) is 20.8 Å². The summed E-state index contributed by atoms with van der Waals surface area (Å²) in [5.74, 6) is -0.185. The molecule has 3 aromatic rings. The lowest BCUT2D eigenvalue weighted by Gasteiger charge is -2.17. The van der Waals surface area contributed by atoms with E-state index in [4.69, 9.17) is 19.0 Å². The van der Waals surface area contributed by atoms with Crippen LogP contribution in [0.15, 0.2) is 71.9 Å². The van der Waals surface area contributed by atoms with Gasteiger partial charge in [-0.05, 0) is 35.4 Å². The number of carbonyl (C=O) groups excluding carboxylic acids is 1. The van der Waals surface area contributed by atoms with Crippen molar-refractivity contribution in [3.05, 3.63) is 77.9 Å². The minimum Gasteiger partial charge on any atom is -0.496 e. The van der Waals surface area contributed by atoms with Crippen LogP contribution < -0.4 is 19.5 Å². The summed E-state index contributed by atoms with van der Waals surface area (Å²) in [5.41, 5.74) is 2.62.